The predicted octanol–water partition coefficient (Wildman–Crippen LogP) is 1.28. The number of ether oxygens (including phenoxy) is 1. The zero-order chi connectivity index (χ0) is 13.1. The van der Waals surface area contributed by atoms with Gasteiger partial charge in [-0.25, -0.2) is 0 Å². The van der Waals surface area contributed by atoms with Gasteiger partial charge in [-0.15, -0.1) is 0 Å². The van der Waals surface area contributed by atoms with Crippen molar-refractivity contribution in [2.45, 2.75) is 25.0 Å². The van der Waals surface area contributed by atoms with E-state index in [4.69, 9.17) is 4.74 Å². The van der Waals surface area contributed by atoms with Crippen molar-refractivity contribution >= 4 is 0 Å². The van der Waals surface area contributed by atoms with Crippen molar-refractivity contribution in [3.63, 3.8) is 0 Å². The third kappa shape index (κ3) is 3.14. The molecule has 1 aromatic rings. The quantitative estimate of drug-likeness (QED) is 0.886. The summed E-state index contributed by atoms with van der Waals surface area (Å²) >= 11 is 0. The minimum absolute atomic E-state index is 0.193. The molecule has 3 heterocycles. The number of nitrogens with zero attached hydrogens (tertiary/aromatic N) is 2. The van der Waals surface area contributed by atoms with Crippen LogP contribution in [0.1, 0.15) is 18.4 Å². The third-order valence-corrected chi connectivity index (χ3v) is 4.27. The molecule has 104 valence electrons. The van der Waals surface area contributed by atoms with Crippen molar-refractivity contribution in [3.05, 3.63) is 30.1 Å². The lowest BCUT2D eigenvalue weighted by molar-refractivity contribution is -0.131. The van der Waals surface area contributed by atoms with Gasteiger partial charge in [0.2, 0.25) is 0 Å². The molecule has 1 N–H and O–H groups in total. The minimum atomic E-state index is 0.193. The molecule has 3 rings (SSSR count). The molecule has 1 spiro atoms. The number of aromatic nitrogens is 1. The first-order valence-corrected chi connectivity index (χ1v) is 7.18. The molecule has 0 bridgehead atoms. The molecular weight excluding hydrogens is 238 g/mol. The highest BCUT2D eigenvalue weighted by molar-refractivity contribution is 5.08. The lowest BCUT2D eigenvalue weighted by Gasteiger charge is -2.47. The Morgan fingerprint density at radius 2 is 2.42 bits per heavy atom. The molecule has 2 aliphatic heterocycles. The van der Waals surface area contributed by atoms with Gasteiger partial charge in [0.05, 0.1) is 12.2 Å². The van der Waals surface area contributed by atoms with Gasteiger partial charge in [-0.2, -0.15) is 0 Å². The number of hydrogen-bond acceptors (Lipinski definition) is 4. The van der Waals surface area contributed by atoms with Gasteiger partial charge in [0, 0.05) is 38.6 Å². The standard InChI is InChI=1S/C15H23N3O/c1-18(8-13-3-2-6-16-7-13)9-14-4-5-15(19-10-14)11-17-12-15/h2-3,6-7,14,17H,4-5,8-12H2,1H3/t14-/m0/s1. The second-order valence-corrected chi connectivity index (χ2v) is 6.06. The highest BCUT2D eigenvalue weighted by Gasteiger charge is 2.41. The largest absolute Gasteiger partial charge is 0.372 e. The van der Waals surface area contributed by atoms with E-state index < -0.39 is 0 Å². The maximum atomic E-state index is 6.06. The van der Waals surface area contributed by atoms with Crippen molar-refractivity contribution in [1.82, 2.24) is 15.2 Å². The zero-order valence-electron chi connectivity index (χ0n) is 11.6. The van der Waals surface area contributed by atoms with Crippen LogP contribution in [0, 0.1) is 5.92 Å². The van der Waals surface area contributed by atoms with Crippen LogP contribution < -0.4 is 5.32 Å². The van der Waals surface area contributed by atoms with E-state index >= 15 is 0 Å². The molecule has 0 amide bonds. The van der Waals surface area contributed by atoms with Crippen LogP contribution in [0.4, 0.5) is 0 Å². The fourth-order valence-corrected chi connectivity index (χ4v) is 3.05. The maximum absolute atomic E-state index is 6.06. The lowest BCUT2D eigenvalue weighted by Crippen LogP contribution is -2.63. The highest BCUT2D eigenvalue weighted by atomic mass is 16.5. The average Bonchev–Trinajstić information content (AvgIpc) is 2.39. The van der Waals surface area contributed by atoms with Crippen LogP contribution in [0.25, 0.3) is 0 Å². The second-order valence-electron chi connectivity index (χ2n) is 6.06. The molecule has 0 aromatic carbocycles. The fraction of sp³-hybridized carbons (Fsp3) is 0.667. The Hall–Kier alpha value is -0.970. The zero-order valence-corrected chi connectivity index (χ0v) is 11.6. The van der Waals surface area contributed by atoms with E-state index in [1.165, 1.54) is 18.4 Å². The maximum Gasteiger partial charge on any atom is 0.0930 e. The molecule has 2 aliphatic rings. The first-order chi connectivity index (χ1) is 9.26. The summed E-state index contributed by atoms with van der Waals surface area (Å²) in [6.07, 6.45) is 6.28. The van der Waals surface area contributed by atoms with Gasteiger partial charge in [0.15, 0.2) is 0 Å². The van der Waals surface area contributed by atoms with E-state index in [9.17, 15) is 0 Å². The molecular formula is C15H23N3O. The smallest absolute Gasteiger partial charge is 0.0930 e. The highest BCUT2D eigenvalue weighted by Crippen LogP contribution is 2.31. The van der Waals surface area contributed by atoms with Crippen molar-refractivity contribution < 1.29 is 4.74 Å². The summed E-state index contributed by atoms with van der Waals surface area (Å²) in [7, 11) is 2.18. The number of rotatable bonds is 4. The summed E-state index contributed by atoms with van der Waals surface area (Å²) in [5.41, 5.74) is 1.47. The molecule has 1 aromatic heterocycles. The van der Waals surface area contributed by atoms with Crippen molar-refractivity contribution in [2.75, 3.05) is 33.3 Å². The summed E-state index contributed by atoms with van der Waals surface area (Å²) in [5.74, 6) is 0.674. The van der Waals surface area contributed by atoms with Crippen LogP contribution in [-0.2, 0) is 11.3 Å². The molecule has 2 fully saturated rings. The molecule has 4 heteroatoms. The molecule has 4 nitrogen and oxygen atoms in total. The Morgan fingerprint density at radius 3 is 3.00 bits per heavy atom. The van der Waals surface area contributed by atoms with E-state index in [1.807, 2.05) is 18.5 Å². The van der Waals surface area contributed by atoms with Crippen molar-refractivity contribution in [3.8, 4) is 0 Å². The van der Waals surface area contributed by atoms with Gasteiger partial charge in [-0.05, 0) is 37.4 Å². The van der Waals surface area contributed by atoms with Crippen LogP contribution >= 0.6 is 0 Å². The van der Waals surface area contributed by atoms with Crippen molar-refractivity contribution in [2.24, 2.45) is 5.92 Å². The molecule has 0 radical (unpaired) electrons. The SMILES string of the molecule is CN(Cc1cccnc1)C[C@@H]1CCC2(CNC2)OC1. The Labute approximate surface area is 115 Å². The normalized spacial score (nSPS) is 25.5. The number of pyridine rings is 1. The second kappa shape index (κ2) is 5.57. The first kappa shape index (κ1) is 13.0. The summed E-state index contributed by atoms with van der Waals surface area (Å²) in [5, 5.41) is 3.32. The molecule has 0 saturated carbocycles. The van der Waals surface area contributed by atoms with Gasteiger partial charge >= 0.3 is 0 Å². The van der Waals surface area contributed by atoms with Gasteiger partial charge in [0.1, 0.15) is 0 Å². The lowest BCUT2D eigenvalue weighted by atomic mass is 9.84. The van der Waals surface area contributed by atoms with Gasteiger partial charge in [-0.3, -0.25) is 4.98 Å². The Kier molecular flexibility index (Phi) is 3.82. The average molecular weight is 261 g/mol. The van der Waals surface area contributed by atoms with Crippen LogP contribution in [0.15, 0.2) is 24.5 Å². The Bertz CT molecular complexity index is 395. The molecule has 0 aliphatic carbocycles. The van der Waals surface area contributed by atoms with Crippen LogP contribution in [0.2, 0.25) is 0 Å². The Balaban J connectivity index is 1.44. The molecule has 19 heavy (non-hydrogen) atoms. The third-order valence-electron chi connectivity index (χ3n) is 4.27. The topological polar surface area (TPSA) is 37.4 Å². The van der Waals surface area contributed by atoms with Crippen LogP contribution in [0.3, 0.4) is 0 Å². The van der Waals surface area contributed by atoms with E-state index in [2.05, 4.69) is 28.3 Å². The van der Waals surface area contributed by atoms with E-state index in [0.29, 0.717) is 5.92 Å². The number of nitrogens with one attached hydrogen (secondary N) is 1. The fourth-order valence-electron chi connectivity index (χ4n) is 3.05. The van der Waals surface area contributed by atoms with Crippen LogP contribution in [-0.4, -0.2) is 48.8 Å². The summed E-state index contributed by atoms with van der Waals surface area (Å²) in [4.78, 5) is 6.54. The summed E-state index contributed by atoms with van der Waals surface area (Å²) < 4.78 is 6.06. The van der Waals surface area contributed by atoms with Gasteiger partial charge in [0.25, 0.3) is 0 Å². The summed E-state index contributed by atoms with van der Waals surface area (Å²) in [6, 6.07) is 4.14. The van der Waals surface area contributed by atoms with E-state index in [1.54, 1.807) is 0 Å². The minimum Gasteiger partial charge on any atom is -0.372 e. The molecule has 2 saturated heterocycles. The predicted molar refractivity (Wildman–Crippen MR) is 74.8 cm³/mol. The van der Waals surface area contributed by atoms with Gasteiger partial charge < -0.3 is 15.0 Å². The number of hydrogen-bond donors (Lipinski definition) is 1. The first-order valence-electron chi connectivity index (χ1n) is 7.18. The molecule has 0 unspecified atom stereocenters. The van der Waals surface area contributed by atoms with Gasteiger partial charge in [-0.1, -0.05) is 6.07 Å². The van der Waals surface area contributed by atoms with E-state index in [0.717, 1.165) is 32.8 Å². The monoisotopic (exact) mass is 261 g/mol. The van der Waals surface area contributed by atoms with Crippen LogP contribution in [0.5, 0.6) is 0 Å². The van der Waals surface area contributed by atoms with E-state index in [-0.39, 0.29) is 5.60 Å². The Morgan fingerprint density at radius 1 is 1.53 bits per heavy atom. The summed E-state index contributed by atoms with van der Waals surface area (Å²) in [6.45, 7) is 5.09. The van der Waals surface area contributed by atoms with Crippen molar-refractivity contribution in [1.29, 1.82) is 0 Å². The molecule has 1 atom stereocenters.